The summed E-state index contributed by atoms with van der Waals surface area (Å²) in [6.45, 7) is 2.51. The van der Waals surface area contributed by atoms with Crippen molar-refractivity contribution in [2.24, 2.45) is 0 Å². The Labute approximate surface area is 171 Å². The maximum absolute atomic E-state index is 12.6. The van der Waals surface area contributed by atoms with E-state index in [2.05, 4.69) is 11.4 Å². The normalized spacial score (nSPS) is 16.2. The maximum Gasteiger partial charge on any atom is 0.222 e. The second-order valence-electron chi connectivity index (χ2n) is 7.54. The molecule has 0 radical (unpaired) electrons. The average molecular weight is 415 g/mol. The lowest BCUT2D eigenvalue weighted by Gasteiger charge is -2.36. The van der Waals surface area contributed by atoms with Gasteiger partial charge in [0, 0.05) is 26.3 Å². The van der Waals surface area contributed by atoms with Crippen LogP contribution in [0, 0.1) is 0 Å². The summed E-state index contributed by atoms with van der Waals surface area (Å²) in [6, 6.07) is 14.9. The Bertz CT molecular complexity index is 1000. The molecule has 0 spiro atoms. The van der Waals surface area contributed by atoms with E-state index in [4.69, 9.17) is 0 Å². The van der Waals surface area contributed by atoms with Gasteiger partial charge in [-0.05, 0) is 28.7 Å². The summed E-state index contributed by atoms with van der Waals surface area (Å²) >= 11 is 0. The second kappa shape index (κ2) is 8.78. The number of fused-ring (bicyclic) bond motifs is 1. The monoisotopic (exact) mass is 414 g/mol. The number of carbonyl (C=O) groups is 2. The summed E-state index contributed by atoms with van der Waals surface area (Å²) in [5.74, 6) is -0.154. The van der Waals surface area contributed by atoms with Crippen LogP contribution in [0.1, 0.15) is 41.6 Å². The molecule has 1 heterocycles. The van der Waals surface area contributed by atoms with Crippen LogP contribution in [-0.4, -0.2) is 37.9 Å². The number of benzene rings is 2. The van der Waals surface area contributed by atoms with E-state index >= 15 is 0 Å². The van der Waals surface area contributed by atoms with Crippen molar-refractivity contribution in [1.29, 1.82) is 0 Å². The SMILES string of the molecule is CC(=O)N1CCc2ccccc2C1CC(=O)NCc1ccc(CS(C)(=O)=O)cc1. The van der Waals surface area contributed by atoms with E-state index < -0.39 is 9.84 Å². The first kappa shape index (κ1) is 21.0. The number of hydrogen-bond donors (Lipinski definition) is 1. The minimum absolute atomic E-state index is 0.00160. The van der Waals surface area contributed by atoms with E-state index in [0.29, 0.717) is 13.1 Å². The number of amides is 2. The van der Waals surface area contributed by atoms with Gasteiger partial charge in [-0.15, -0.1) is 0 Å². The molecule has 2 aromatic carbocycles. The highest BCUT2D eigenvalue weighted by molar-refractivity contribution is 7.89. The van der Waals surface area contributed by atoms with Crippen LogP contribution in [0.2, 0.25) is 0 Å². The molecule has 1 unspecified atom stereocenters. The van der Waals surface area contributed by atoms with Crippen LogP contribution >= 0.6 is 0 Å². The lowest BCUT2D eigenvalue weighted by atomic mass is 9.90. The Morgan fingerprint density at radius 3 is 2.38 bits per heavy atom. The van der Waals surface area contributed by atoms with Gasteiger partial charge in [0.25, 0.3) is 0 Å². The molecule has 1 aliphatic rings. The van der Waals surface area contributed by atoms with Gasteiger partial charge in [-0.1, -0.05) is 48.5 Å². The van der Waals surface area contributed by atoms with Crippen molar-refractivity contribution >= 4 is 21.7 Å². The molecule has 2 aromatic rings. The number of carbonyl (C=O) groups excluding carboxylic acids is 2. The highest BCUT2D eigenvalue weighted by Crippen LogP contribution is 2.32. The third-order valence-corrected chi connectivity index (χ3v) is 5.99. The van der Waals surface area contributed by atoms with E-state index in [1.54, 1.807) is 17.0 Å². The molecule has 154 valence electrons. The summed E-state index contributed by atoms with van der Waals surface area (Å²) in [7, 11) is -3.07. The lowest BCUT2D eigenvalue weighted by Crippen LogP contribution is -2.41. The van der Waals surface area contributed by atoms with Crippen molar-refractivity contribution in [1.82, 2.24) is 10.2 Å². The number of rotatable bonds is 6. The molecule has 1 aliphatic heterocycles. The zero-order valence-corrected chi connectivity index (χ0v) is 17.5. The molecule has 0 fully saturated rings. The van der Waals surface area contributed by atoms with Crippen molar-refractivity contribution < 1.29 is 18.0 Å². The van der Waals surface area contributed by atoms with Crippen LogP contribution in [0.3, 0.4) is 0 Å². The molecule has 0 aromatic heterocycles. The van der Waals surface area contributed by atoms with Gasteiger partial charge in [0.1, 0.15) is 0 Å². The Kier molecular flexibility index (Phi) is 6.37. The molecular weight excluding hydrogens is 388 g/mol. The third kappa shape index (κ3) is 5.67. The first-order chi connectivity index (χ1) is 13.7. The van der Waals surface area contributed by atoms with Crippen molar-refractivity contribution in [3.63, 3.8) is 0 Å². The van der Waals surface area contributed by atoms with Gasteiger partial charge in [0.2, 0.25) is 11.8 Å². The molecule has 29 heavy (non-hydrogen) atoms. The van der Waals surface area contributed by atoms with E-state index in [1.165, 1.54) is 18.7 Å². The first-order valence-electron chi connectivity index (χ1n) is 9.60. The van der Waals surface area contributed by atoms with E-state index in [1.807, 2.05) is 30.3 Å². The highest BCUT2D eigenvalue weighted by atomic mass is 32.2. The van der Waals surface area contributed by atoms with Crippen LogP contribution in [0.15, 0.2) is 48.5 Å². The number of nitrogens with zero attached hydrogens (tertiary/aromatic N) is 1. The summed E-state index contributed by atoms with van der Waals surface area (Å²) in [6.07, 6.45) is 2.21. The Hall–Kier alpha value is -2.67. The highest BCUT2D eigenvalue weighted by Gasteiger charge is 2.30. The predicted octanol–water partition coefficient (Wildman–Crippen LogP) is 2.38. The van der Waals surface area contributed by atoms with Crippen molar-refractivity contribution in [2.45, 2.75) is 38.1 Å². The summed E-state index contributed by atoms with van der Waals surface area (Å²) in [5, 5.41) is 2.91. The largest absolute Gasteiger partial charge is 0.352 e. The van der Waals surface area contributed by atoms with Crippen molar-refractivity contribution in [3.8, 4) is 0 Å². The fourth-order valence-corrected chi connectivity index (χ4v) is 4.55. The topological polar surface area (TPSA) is 83.6 Å². The molecule has 0 bridgehead atoms. The van der Waals surface area contributed by atoms with Crippen LogP contribution in [-0.2, 0) is 38.1 Å². The van der Waals surface area contributed by atoms with Crippen LogP contribution in [0.5, 0.6) is 0 Å². The Morgan fingerprint density at radius 1 is 1.07 bits per heavy atom. The van der Waals surface area contributed by atoms with Gasteiger partial charge in [-0.2, -0.15) is 0 Å². The number of hydrogen-bond acceptors (Lipinski definition) is 4. The summed E-state index contributed by atoms with van der Waals surface area (Å²) < 4.78 is 22.7. The third-order valence-electron chi connectivity index (χ3n) is 5.14. The number of nitrogens with one attached hydrogen (secondary N) is 1. The zero-order valence-electron chi connectivity index (χ0n) is 16.7. The van der Waals surface area contributed by atoms with E-state index in [9.17, 15) is 18.0 Å². The summed E-state index contributed by atoms with van der Waals surface area (Å²) in [5.41, 5.74) is 3.83. The standard InChI is InChI=1S/C22H26N2O4S/c1-16(25)24-12-11-19-5-3-4-6-20(19)21(24)13-22(26)23-14-17-7-9-18(10-8-17)15-29(2,27)28/h3-10,21H,11-15H2,1-2H3,(H,23,26). The van der Waals surface area contributed by atoms with Crippen LogP contribution in [0.25, 0.3) is 0 Å². The smallest absolute Gasteiger partial charge is 0.222 e. The molecule has 6 nitrogen and oxygen atoms in total. The maximum atomic E-state index is 12.6. The van der Waals surface area contributed by atoms with Gasteiger partial charge < -0.3 is 10.2 Å². The zero-order chi connectivity index (χ0) is 21.0. The fraction of sp³-hybridized carbons (Fsp3) is 0.364. The Morgan fingerprint density at radius 2 is 1.72 bits per heavy atom. The van der Waals surface area contributed by atoms with Gasteiger partial charge in [-0.3, -0.25) is 9.59 Å². The van der Waals surface area contributed by atoms with Gasteiger partial charge >= 0.3 is 0 Å². The van der Waals surface area contributed by atoms with Crippen LogP contribution < -0.4 is 5.32 Å². The minimum atomic E-state index is -3.07. The molecule has 1 atom stereocenters. The predicted molar refractivity (Wildman–Crippen MR) is 112 cm³/mol. The lowest BCUT2D eigenvalue weighted by molar-refractivity contribution is -0.133. The van der Waals surface area contributed by atoms with Crippen molar-refractivity contribution in [2.75, 3.05) is 12.8 Å². The molecule has 3 rings (SSSR count). The molecule has 0 saturated heterocycles. The van der Waals surface area contributed by atoms with E-state index in [-0.39, 0.29) is 30.0 Å². The van der Waals surface area contributed by atoms with Crippen LogP contribution in [0.4, 0.5) is 0 Å². The molecule has 0 saturated carbocycles. The first-order valence-corrected chi connectivity index (χ1v) is 11.7. The molecule has 7 heteroatoms. The molecule has 2 amide bonds. The molecule has 1 N–H and O–H groups in total. The van der Waals surface area contributed by atoms with Gasteiger partial charge in [0.05, 0.1) is 18.2 Å². The molecular formula is C22H26N2O4S. The second-order valence-corrected chi connectivity index (χ2v) is 9.68. The van der Waals surface area contributed by atoms with Gasteiger partial charge in [-0.25, -0.2) is 8.42 Å². The summed E-state index contributed by atoms with van der Waals surface area (Å²) in [4.78, 5) is 26.4. The van der Waals surface area contributed by atoms with Gasteiger partial charge in [0.15, 0.2) is 9.84 Å². The van der Waals surface area contributed by atoms with Crippen molar-refractivity contribution in [3.05, 3.63) is 70.8 Å². The molecule has 0 aliphatic carbocycles. The fourth-order valence-electron chi connectivity index (χ4n) is 3.75. The minimum Gasteiger partial charge on any atom is -0.352 e. The number of sulfone groups is 1. The van der Waals surface area contributed by atoms with E-state index in [0.717, 1.165) is 23.1 Å². The quantitative estimate of drug-likeness (QED) is 0.787. The Balaban J connectivity index is 1.63. The average Bonchev–Trinajstić information content (AvgIpc) is 2.66.